The Morgan fingerprint density at radius 1 is 0.971 bits per heavy atom. The van der Waals surface area contributed by atoms with Crippen LogP contribution in [0.15, 0.2) is 72.3 Å². The fraction of sp³-hybridized carbons (Fsp3) is 0.185. The lowest BCUT2D eigenvalue weighted by atomic mass is 9.95. The first kappa shape index (κ1) is 24.6. The number of para-hydroxylation sites is 1. The number of aliphatic hydroxyl groups excluding tert-OH is 1. The van der Waals surface area contributed by atoms with Crippen LogP contribution in [0.5, 0.6) is 11.5 Å². The standard InChI is InChI=1S/C27H23Cl2NO5/c1-15(2)35-19-11-9-16(10-12-19)23-22(24(31)17-13-20(28)26(34-3)21(29)14-17)25(32)27(33)30(23)18-7-5-4-6-8-18/h4-15,23,31H,1-3H3/b24-22+. The van der Waals surface area contributed by atoms with Gasteiger partial charge in [-0.2, -0.15) is 0 Å². The van der Waals surface area contributed by atoms with Crippen molar-refractivity contribution in [3.63, 3.8) is 0 Å². The largest absolute Gasteiger partial charge is 0.507 e. The van der Waals surface area contributed by atoms with Crippen LogP contribution in [0.1, 0.15) is 31.0 Å². The molecule has 6 nitrogen and oxygen atoms in total. The zero-order chi connectivity index (χ0) is 25.3. The summed E-state index contributed by atoms with van der Waals surface area (Å²) < 4.78 is 10.9. The van der Waals surface area contributed by atoms with E-state index in [9.17, 15) is 14.7 Å². The molecule has 4 rings (SSSR count). The molecule has 3 aromatic carbocycles. The Kier molecular flexibility index (Phi) is 7.05. The second-order valence-electron chi connectivity index (χ2n) is 8.21. The summed E-state index contributed by atoms with van der Waals surface area (Å²) in [5.74, 6) is -1.07. The monoisotopic (exact) mass is 511 g/mol. The number of aliphatic hydroxyl groups is 1. The second kappa shape index (κ2) is 10.0. The average molecular weight is 512 g/mol. The summed E-state index contributed by atoms with van der Waals surface area (Å²) in [4.78, 5) is 27.9. The molecule has 35 heavy (non-hydrogen) atoms. The van der Waals surface area contributed by atoms with E-state index in [2.05, 4.69) is 0 Å². The number of benzene rings is 3. The minimum absolute atomic E-state index is 0.0135. The summed E-state index contributed by atoms with van der Waals surface area (Å²) in [7, 11) is 1.42. The van der Waals surface area contributed by atoms with Crippen LogP contribution in [0.4, 0.5) is 5.69 Å². The van der Waals surface area contributed by atoms with E-state index in [1.807, 2.05) is 19.9 Å². The van der Waals surface area contributed by atoms with E-state index in [0.29, 0.717) is 17.0 Å². The summed E-state index contributed by atoms with van der Waals surface area (Å²) in [6, 6.07) is 17.9. The van der Waals surface area contributed by atoms with E-state index in [1.54, 1.807) is 48.5 Å². The first-order valence-corrected chi connectivity index (χ1v) is 11.6. The van der Waals surface area contributed by atoms with E-state index in [1.165, 1.54) is 24.1 Å². The zero-order valence-electron chi connectivity index (χ0n) is 19.3. The Morgan fingerprint density at radius 3 is 2.11 bits per heavy atom. The second-order valence-corrected chi connectivity index (χ2v) is 9.03. The van der Waals surface area contributed by atoms with Crippen molar-refractivity contribution in [3.05, 3.63) is 93.5 Å². The number of rotatable bonds is 6. The predicted molar refractivity (Wildman–Crippen MR) is 136 cm³/mol. The van der Waals surface area contributed by atoms with Crippen molar-refractivity contribution >= 4 is 46.3 Å². The van der Waals surface area contributed by atoms with Crippen LogP contribution in [-0.2, 0) is 9.59 Å². The maximum atomic E-state index is 13.3. The Hall–Kier alpha value is -3.48. The van der Waals surface area contributed by atoms with E-state index in [4.69, 9.17) is 32.7 Å². The lowest BCUT2D eigenvalue weighted by molar-refractivity contribution is -0.132. The Morgan fingerprint density at radius 2 is 1.57 bits per heavy atom. The number of hydrogen-bond donors (Lipinski definition) is 1. The summed E-state index contributed by atoms with van der Waals surface area (Å²) in [5, 5.41) is 11.6. The van der Waals surface area contributed by atoms with Crippen molar-refractivity contribution in [2.24, 2.45) is 0 Å². The highest BCUT2D eigenvalue weighted by Crippen LogP contribution is 2.44. The highest BCUT2D eigenvalue weighted by atomic mass is 35.5. The van der Waals surface area contributed by atoms with Gasteiger partial charge in [0, 0.05) is 11.3 Å². The number of hydrogen-bond acceptors (Lipinski definition) is 5. The molecule has 180 valence electrons. The molecule has 0 saturated carbocycles. The molecule has 1 fully saturated rings. The van der Waals surface area contributed by atoms with Crippen LogP contribution in [0.3, 0.4) is 0 Å². The molecule has 1 heterocycles. The highest BCUT2D eigenvalue weighted by Gasteiger charge is 2.47. The molecular formula is C27H23Cl2NO5. The van der Waals surface area contributed by atoms with Crippen molar-refractivity contribution < 1.29 is 24.2 Å². The lowest BCUT2D eigenvalue weighted by Crippen LogP contribution is -2.29. The van der Waals surface area contributed by atoms with Gasteiger partial charge in [-0.3, -0.25) is 14.5 Å². The number of halogens is 2. The van der Waals surface area contributed by atoms with E-state index < -0.39 is 17.7 Å². The molecule has 1 saturated heterocycles. The molecular weight excluding hydrogens is 489 g/mol. The minimum Gasteiger partial charge on any atom is -0.507 e. The van der Waals surface area contributed by atoms with E-state index in [0.717, 1.165) is 0 Å². The van der Waals surface area contributed by atoms with Crippen molar-refractivity contribution in [2.45, 2.75) is 26.0 Å². The fourth-order valence-corrected chi connectivity index (χ4v) is 4.69. The third-order valence-electron chi connectivity index (χ3n) is 5.52. The summed E-state index contributed by atoms with van der Waals surface area (Å²) >= 11 is 12.5. The van der Waals surface area contributed by atoms with Crippen LogP contribution < -0.4 is 14.4 Å². The number of methoxy groups -OCH3 is 1. The molecule has 1 aliphatic heterocycles. The molecule has 1 atom stereocenters. The van der Waals surface area contributed by atoms with Gasteiger partial charge in [-0.1, -0.05) is 53.5 Å². The van der Waals surface area contributed by atoms with Crippen LogP contribution in [0.2, 0.25) is 10.0 Å². The first-order valence-electron chi connectivity index (χ1n) is 10.9. The number of carbonyl (C=O) groups excluding carboxylic acids is 2. The van der Waals surface area contributed by atoms with Gasteiger partial charge >= 0.3 is 0 Å². The zero-order valence-corrected chi connectivity index (χ0v) is 20.8. The number of ether oxygens (including phenoxy) is 2. The molecule has 0 aromatic heterocycles. The average Bonchev–Trinajstić information content (AvgIpc) is 3.09. The van der Waals surface area contributed by atoms with Crippen LogP contribution in [-0.4, -0.2) is 30.0 Å². The minimum atomic E-state index is -0.884. The number of nitrogens with zero attached hydrogens (tertiary/aromatic N) is 1. The third-order valence-corrected chi connectivity index (χ3v) is 6.08. The van der Waals surface area contributed by atoms with Crippen LogP contribution in [0.25, 0.3) is 5.76 Å². The molecule has 0 spiro atoms. The number of ketones is 1. The third kappa shape index (κ3) is 4.72. The smallest absolute Gasteiger partial charge is 0.300 e. The number of anilines is 1. The molecule has 8 heteroatoms. The number of carbonyl (C=O) groups is 2. The number of amides is 1. The molecule has 1 N–H and O–H groups in total. The van der Waals surface area contributed by atoms with Crippen molar-refractivity contribution in [1.82, 2.24) is 0 Å². The Bertz CT molecular complexity index is 1280. The van der Waals surface area contributed by atoms with Gasteiger partial charge < -0.3 is 14.6 Å². The summed E-state index contributed by atoms with van der Waals surface area (Å²) in [6.07, 6.45) is -0.0135. The van der Waals surface area contributed by atoms with Gasteiger partial charge in [-0.05, 0) is 55.8 Å². The van der Waals surface area contributed by atoms with Gasteiger partial charge in [0.25, 0.3) is 11.7 Å². The molecule has 3 aromatic rings. The van der Waals surface area contributed by atoms with Gasteiger partial charge in [0.2, 0.25) is 0 Å². The van der Waals surface area contributed by atoms with Crippen LogP contribution >= 0.6 is 23.2 Å². The molecule has 0 aliphatic carbocycles. The first-order chi connectivity index (χ1) is 16.7. The van der Waals surface area contributed by atoms with Crippen molar-refractivity contribution in [3.8, 4) is 11.5 Å². The normalized spacial score (nSPS) is 17.2. The maximum absolute atomic E-state index is 13.3. The lowest BCUT2D eigenvalue weighted by Gasteiger charge is -2.25. The topological polar surface area (TPSA) is 76.1 Å². The fourth-order valence-electron chi connectivity index (χ4n) is 4.05. The molecule has 0 bridgehead atoms. The highest BCUT2D eigenvalue weighted by molar-refractivity contribution is 6.51. The van der Waals surface area contributed by atoms with Gasteiger partial charge in [-0.15, -0.1) is 0 Å². The predicted octanol–water partition coefficient (Wildman–Crippen LogP) is 6.42. The van der Waals surface area contributed by atoms with E-state index in [-0.39, 0.29) is 38.8 Å². The van der Waals surface area contributed by atoms with Crippen LogP contribution in [0, 0.1) is 0 Å². The molecule has 0 radical (unpaired) electrons. The van der Waals surface area contributed by atoms with Crippen molar-refractivity contribution in [1.29, 1.82) is 0 Å². The Labute approximate surface area is 213 Å². The molecule has 1 aliphatic rings. The van der Waals surface area contributed by atoms with Gasteiger partial charge in [0.15, 0.2) is 5.75 Å². The van der Waals surface area contributed by atoms with Gasteiger partial charge in [-0.25, -0.2) is 0 Å². The summed E-state index contributed by atoms with van der Waals surface area (Å²) in [6.45, 7) is 3.84. The van der Waals surface area contributed by atoms with Gasteiger partial charge in [0.05, 0.1) is 34.9 Å². The SMILES string of the molecule is COc1c(Cl)cc(/C(O)=C2\C(=O)C(=O)N(c3ccccc3)C2c2ccc(OC(C)C)cc2)cc1Cl. The Balaban J connectivity index is 1.90. The molecule has 1 amide bonds. The van der Waals surface area contributed by atoms with E-state index >= 15 is 0 Å². The summed E-state index contributed by atoms with van der Waals surface area (Å²) in [5.41, 5.74) is 1.26. The molecule has 1 unspecified atom stereocenters. The van der Waals surface area contributed by atoms with Crippen molar-refractivity contribution in [2.75, 3.05) is 12.0 Å². The maximum Gasteiger partial charge on any atom is 0.300 e. The number of Topliss-reactive ketones (excluding diaryl/α,β-unsaturated/α-hetero) is 1. The quantitative estimate of drug-likeness (QED) is 0.235. The van der Waals surface area contributed by atoms with Gasteiger partial charge in [0.1, 0.15) is 11.5 Å².